The van der Waals surface area contributed by atoms with Crippen LogP contribution < -0.4 is 5.32 Å². The Morgan fingerprint density at radius 2 is 1.67 bits per heavy atom. The number of amides is 1. The maximum atomic E-state index is 12.8. The number of alkyl halides is 3. The van der Waals surface area contributed by atoms with Crippen molar-refractivity contribution in [3.8, 4) is 5.75 Å². The lowest BCUT2D eigenvalue weighted by Crippen LogP contribution is -2.14. The van der Waals surface area contributed by atoms with Gasteiger partial charge in [0, 0.05) is 11.1 Å². The van der Waals surface area contributed by atoms with Crippen LogP contribution in [-0.2, 0) is 6.18 Å². The number of rotatable bonds is 2. The Bertz CT molecular complexity index is 914. The second-order valence-electron chi connectivity index (χ2n) is 5.21. The fourth-order valence-corrected chi connectivity index (χ4v) is 2.42. The molecule has 0 radical (unpaired) electrons. The highest BCUT2D eigenvalue weighted by Gasteiger charge is 2.31. The van der Waals surface area contributed by atoms with E-state index in [9.17, 15) is 23.1 Å². The molecule has 3 aromatic carbocycles. The Kier molecular flexibility index (Phi) is 3.89. The summed E-state index contributed by atoms with van der Waals surface area (Å²) < 4.78 is 38.4. The molecule has 0 atom stereocenters. The molecule has 3 rings (SSSR count). The lowest BCUT2D eigenvalue weighted by Gasteiger charge is -2.12. The van der Waals surface area contributed by atoms with E-state index in [-0.39, 0.29) is 0 Å². The molecular weight excluding hydrogens is 319 g/mol. The fourth-order valence-electron chi connectivity index (χ4n) is 2.42. The zero-order valence-corrected chi connectivity index (χ0v) is 12.3. The summed E-state index contributed by atoms with van der Waals surface area (Å²) in [5, 5.41) is 13.9. The van der Waals surface area contributed by atoms with Crippen LogP contribution in [0.25, 0.3) is 10.8 Å². The zero-order valence-electron chi connectivity index (χ0n) is 12.3. The molecule has 0 aliphatic heterocycles. The maximum Gasteiger partial charge on any atom is 0.416 e. The van der Waals surface area contributed by atoms with Crippen LogP contribution in [0, 0.1) is 0 Å². The molecule has 3 aromatic rings. The molecule has 0 bridgehead atoms. The third-order valence-electron chi connectivity index (χ3n) is 3.61. The zero-order chi connectivity index (χ0) is 17.3. The molecule has 3 nitrogen and oxygen atoms in total. The van der Waals surface area contributed by atoms with Gasteiger partial charge >= 0.3 is 6.18 Å². The van der Waals surface area contributed by atoms with Crippen molar-refractivity contribution in [1.82, 2.24) is 0 Å². The number of fused-ring (bicyclic) bond motifs is 1. The average Bonchev–Trinajstić information content (AvgIpc) is 2.54. The Morgan fingerprint density at radius 3 is 2.42 bits per heavy atom. The van der Waals surface area contributed by atoms with Crippen LogP contribution in [0.5, 0.6) is 5.75 Å². The highest BCUT2D eigenvalue weighted by Crippen LogP contribution is 2.33. The average molecular weight is 331 g/mol. The van der Waals surface area contributed by atoms with E-state index in [0.29, 0.717) is 11.8 Å². The van der Waals surface area contributed by atoms with Crippen molar-refractivity contribution >= 4 is 22.4 Å². The van der Waals surface area contributed by atoms with E-state index in [1.165, 1.54) is 0 Å². The van der Waals surface area contributed by atoms with Crippen molar-refractivity contribution in [2.75, 3.05) is 5.32 Å². The summed E-state index contributed by atoms with van der Waals surface area (Å²) in [6, 6.07) is 14.7. The van der Waals surface area contributed by atoms with Crippen LogP contribution in [0.2, 0.25) is 0 Å². The molecule has 0 aliphatic rings. The van der Waals surface area contributed by atoms with Gasteiger partial charge in [0.05, 0.1) is 11.1 Å². The minimum Gasteiger partial charge on any atom is -0.507 e. The molecule has 6 heteroatoms. The quantitative estimate of drug-likeness (QED) is 0.707. The van der Waals surface area contributed by atoms with Crippen molar-refractivity contribution in [1.29, 1.82) is 0 Å². The van der Waals surface area contributed by atoms with E-state index >= 15 is 0 Å². The highest BCUT2D eigenvalue weighted by molar-refractivity contribution is 6.10. The number of hydrogen-bond acceptors (Lipinski definition) is 2. The fraction of sp³-hybridized carbons (Fsp3) is 0.0556. The number of nitrogens with one attached hydrogen (secondary N) is 1. The third-order valence-corrected chi connectivity index (χ3v) is 3.61. The minimum absolute atomic E-state index is 0.433. The lowest BCUT2D eigenvalue weighted by molar-refractivity contribution is -0.137. The van der Waals surface area contributed by atoms with Gasteiger partial charge in [0.15, 0.2) is 0 Å². The van der Waals surface area contributed by atoms with Gasteiger partial charge in [0.1, 0.15) is 5.75 Å². The van der Waals surface area contributed by atoms with Crippen LogP contribution in [0.3, 0.4) is 0 Å². The molecule has 1 amide bonds. The monoisotopic (exact) mass is 331 g/mol. The van der Waals surface area contributed by atoms with Crippen molar-refractivity contribution in [2.24, 2.45) is 0 Å². The molecule has 0 spiro atoms. The summed E-state index contributed by atoms with van der Waals surface area (Å²) in [6.07, 6.45) is -4.60. The number of phenolic OH excluding ortho intramolecular Hbond substituents is 1. The van der Waals surface area contributed by atoms with Crippen molar-refractivity contribution < 1.29 is 23.1 Å². The van der Waals surface area contributed by atoms with Crippen LogP contribution in [0.15, 0.2) is 60.7 Å². The summed E-state index contributed by atoms with van der Waals surface area (Å²) in [5.74, 6) is -1.32. The maximum absolute atomic E-state index is 12.8. The number of carbonyl (C=O) groups excluding carboxylic acids is 1. The third kappa shape index (κ3) is 3.03. The first-order chi connectivity index (χ1) is 11.4. The molecule has 0 fully saturated rings. The van der Waals surface area contributed by atoms with Gasteiger partial charge in [-0.2, -0.15) is 13.2 Å². The summed E-state index contributed by atoms with van der Waals surface area (Å²) in [6.45, 7) is 0. The van der Waals surface area contributed by atoms with E-state index in [4.69, 9.17) is 0 Å². The number of phenols is 1. The second-order valence-corrected chi connectivity index (χ2v) is 5.21. The molecule has 24 heavy (non-hydrogen) atoms. The largest absolute Gasteiger partial charge is 0.507 e. The van der Waals surface area contributed by atoms with Crippen LogP contribution in [-0.4, -0.2) is 11.0 Å². The molecule has 0 aliphatic carbocycles. The van der Waals surface area contributed by atoms with Gasteiger partial charge in [-0.1, -0.05) is 36.4 Å². The molecule has 0 saturated carbocycles. The van der Waals surface area contributed by atoms with E-state index < -0.39 is 29.0 Å². The van der Waals surface area contributed by atoms with Gasteiger partial charge in [0.25, 0.3) is 5.91 Å². The van der Waals surface area contributed by atoms with Crippen molar-refractivity contribution in [2.45, 2.75) is 6.18 Å². The normalized spacial score (nSPS) is 11.5. The molecule has 0 aromatic heterocycles. The molecular formula is C18H12F3NO2. The Morgan fingerprint density at radius 1 is 0.958 bits per heavy atom. The summed E-state index contributed by atoms with van der Waals surface area (Å²) >= 11 is 0. The topological polar surface area (TPSA) is 49.3 Å². The van der Waals surface area contributed by atoms with Crippen LogP contribution in [0.1, 0.15) is 15.9 Å². The summed E-state index contributed by atoms with van der Waals surface area (Å²) in [4.78, 5) is 12.3. The smallest absolute Gasteiger partial charge is 0.416 e. The Balaban J connectivity index is 1.98. The van der Waals surface area contributed by atoms with Gasteiger partial charge < -0.3 is 10.4 Å². The first kappa shape index (κ1) is 15.9. The molecule has 0 heterocycles. The number of benzene rings is 3. The Labute approximate surface area is 135 Å². The molecule has 0 unspecified atom stereocenters. The van der Waals surface area contributed by atoms with E-state index in [1.54, 1.807) is 24.3 Å². The Hall–Kier alpha value is -3.02. The molecule has 122 valence electrons. The summed E-state index contributed by atoms with van der Waals surface area (Å²) in [7, 11) is 0. The van der Waals surface area contributed by atoms with Gasteiger partial charge in [0.2, 0.25) is 0 Å². The molecule has 2 N–H and O–H groups in total. The second kappa shape index (κ2) is 5.88. The highest BCUT2D eigenvalue weighted by atomic mass is 19.4. The standard InChI is InChI=1S/C18H12F3NO2/c19-18(20,21)12-8-9-16(23)14(10-12)17(24)22-15-7-3-5-11-4-1-2-6-13(11)15/h1-10,23H,(H,22,24). The number of halogens is 3. The minimum atomic E-state index is -4.60. The van der Waals surface area contributed by atoms with Gasteiger partial charge in [-0.15, -0.1) is 0 Å². The summed E-state index contributed by atoms with van der Waals surface area (Å²) in [5.41, 5.74) is -0.976. The number of hydrogen-bond donors (Lipinski definition) is 2. The van der Waals surface area contributed by atoms with E-state index in [2.05, 4.69) is 5.32 Å². The first-order valence-corrected chi connectivity index (χ1v) is 7.05. The first-order valence-electron chi connectivity index (χ1n) is 7.05. The number of carbonyl (C=O) groups is 1. The lowest BCUT2D eigenvalue weighted by atomic mass is 10.1. The predicted octanol–water partition coefficient (Wildman–Crippen LogP) is 4.82. The molecule has 0 saturated heterocycles. The van der Waals surface area contributed by atoms with E-state index in [1.807, 2.05) is 18.2 Å². The van der Waals surface area contributed by atoms with Gasteiger partial charge in [-0.05, 0) is 29.7 Å². The van der Waals surface area contributed by atoms with E-state index in [0.717, 1.165) is 22.9 Å². The number of anilines is 1. The SMILES string of the molecule is O=C(Nc1cccc2ccccc12)c1cc(C(F)(F)F)ccc1O. The van der Waals surface area contributed by atoms with Crippen molar-refractivity contribution in [3.63, 3.8) is 0 Å². The van der Waals surface area contributed by atoms with Crippen LogP contribution in [0.4, 0.5) is 18.9 Å². The van der Waals surface area contributed by atoms with Gasteiger partial charge in [-0.25, -0.2) is 0 Å². The number of aromatic hydroxyl groups is 1. The predicted molar refractivity (Wildman–Crippen MR) is 85.0 cm³/mol. The van der Waals surface area contributed by atoms with Gasteiger partial charge in [-0.3, -0.25) is 4.79 Å². The van der Waals surface area contributed by atoms with Crippen molar-refractivity contribution in [3.05, 3.63) is 71.8 Å². The van der Waals surface area contributed by atoms with Crippen LogP contribution >= 0.6 is 0 Å².